The zero-order valence-electron chi connectivity index (χ0n) is 10.9. The molecule has 0 spiro atoms. The molecule has 0 fully saturated rings. The number of nitrogens with zero attached hydrogens (tertiary/aromatic N) is 2. The first-order chi connectivity index (χ1) is 9.02. The standard InChI is InChI=1S/C15H15ClN2O/c1-10-4-7-14(13(16)8-10)17-15-12(9-19)6-5-11(2)18(15)3/h4-9,19H,2H2,1,3H3. The van der Waals surface area contributed by atoms with Crippen molar-refractivity contribution in [2.75, 3.05) is 0 Å². The molecule has 1 aromatic carbocycles. The third kappa shape index (κ3) is 2.71. The molecular weight excluding hydrogens is 260 g/mol. The Labute approximate surface area is 116 Å². The predicted molar refractivity (Wildman–Crippen MR) is 78.7 cm³/mol. The summed E-state index contributed by atoms with van der Waals surface area (Å²) in [5.41, 5.74) is 2.35. The normalized spacial score (nSPS) is 13.0. The van der Waals surface area contributed by atoms with Crippen molar-refractivity contribution in [1.29, 1.82) is 0 Å². The van der Waals surface area contributed by atoms with Crippen LogP contribution in [0.2, 0.25) is 5.02 Å². The molecule has 1 heterocycles. The average molecular weight is 275 g/mol. The minimum atomic E-state index is 0.582. The van der Waals surface area contributed by atoms with Gasteiger partial charge in [-0.2, -0.15) is 0 Å². The fourth-order valence-electron chi connectivity index (χ4n) is 1.76. The molecule has 0 saturated heterocycles. The van der Waals surface area contributed by atoms with E-state index in [4.69, 9.17) is 11.6 Å². The molecule has 0 saturated carbocycles. The molecule has 0 unspecified atom stereocenters. The van der Waals surface area contributed by atoms with Crippen molar-refractivity contribution in [3.05, 3.63) is 57.0 Å². The lowest BCUT2D eigenvalue weighted by atomic mass is 10.2. The molecule has 1 aromatic heterocycles. The topological polar surface area (TPSA) is 37.5 Å². The summed E-state index contributed by atoms with van der Waals surface area (Å²) in [4.78, 5) is 4.51. The van der Waals surface area contributed by atoms with Gasteiger partial charge in [0.1, 0.15) is 5.49 Å². The Morgan fingerprint density at radius 3 is 2.68 bits per heavy atom. The lowest BCUT2D eigenvalue weighted by Gasteiger charge is -2.04. The molecule has 0 bridgehead atoms. The smallest absolute Gasteiger partial charge is 0.143 e. The Morgan fingerprint density at radius 1 is 1.32 bits per heavy atom. The Kier molecular flexibility index (Phi) is 3.76. The van der Waals surface area contributed by atoms with Crippen LogP contribution < -0.4 is 16.1 Å². The first-order valence-corrected chi connectivity index (χ1v) is 6.21. The molecule has 0 aliphatic rings. The summed E-state index contributed by atoms with van der Waals surface area (Å²) in [5, 5.41) is 11.3. The largest absolute Gasteiger partial charge is 0.515 e. The summed E-state index contributed by atoms with van der Waals surface area (Å²) in [6, 6.07) is 9.24. The Hall–Kier alpha value is -2.00. The molecule has 4 heteroatoms. The van der Waals surface area contributed by atoms with E-state index in [0.29, 0.717) is 21.4 Å². The van der Waals surface area contributed by atoms with Crippen LogP contribution >= 0.6 is 11.6 Å². The van der Waals surface area contributed by atoms with Gasteiger partial charge < -0.3 is 9.67 Å². The maximum atomic E-state index is 9.27. The van der Waals surface area contributed by atoms with Gasteiger partial charge in [0, 0.05) is 12.4 Å². The van der Waals surface area contributed by atoms with Crippen LogP contribution in [0, 0.1) is 6.92 Å². The van der Waals surface area contributed by atoms with Crippen LogP contribution in [-0.4, -0.2) is 9.67 Å². The van der Waals surface area contributed by atoms with Crippen LogP contribution in [-0.2, 0) is 7.05 Å². The third-order valence-electron chi connectivity index (χ3n) is 2.93. The average Bonchev–Trinajstić information content (AvgIpc) is 2.38. The lowest BCUT2D eigenvalue weighted by molar-refractivity contribution is 0.538. The number of rotatable bonds is 1. The predicted octanol–water partition coefficient (Wildman–Crippen LogP) is 1.93. The minimum absolute atomic E-state index is 0.582. The van der Waals surface area contributed by atoms with Gasteiger partial charge in [0.05, 0.1) is 22.2 Å². The third-order valence-corrected chi connectivity index (χ3v) is 3.23. The Bertz CT molecular complexity index is 791. The summed E-state index contributed by atoms with van der Waals surface area (Å²) in [6.07, 6.45) is 1.03. The van der Waals surface area contributed by atoms with Crippen LogP contribution in [0.15, 0.2) is 35.3 Å². The summed E-state index contributed by atoms with van der Waals surface area (Å²) in [7, 11) is 1.84. The number of hydrogen-bond donors (Lipinski definition) is 1. The second-order valence-electron chi connectivity index (χ2n) is 4.36. The van der Waals surface area contributed by atoms with E-state index in [1.54, 1.807) is 10.6 Å². The molecule has 0 amide bonds. The van der Waals surface area contributed by atoms with Gasteiger partial charge >= 0.3 is 0 Å². The molecule has 0 aliphatic carbocycles. The molecule has 3 nitrogen and oxygen atoms in total. The number of hydrogen-bond acceptors (Lipinski definition) is 2. The van der Waals surface area contributed by atoms with Gasteiger partial charge in [0.2, 0.25) is 0 Å². The maximum absolute atomic E-state index is 9.27. The highest BCUT2D eigenvalue weighted by Crippen LogP contribution is 2.24. The molecule has 2 rings (SSSR count). The number of benzene rings is 1. The van der Waals surface area contributed by atoms with Crippen molar-refractivity contribution >= 4 is 30.1 Å². The van der Waals surface area contributed by atoms with E-state index in [1.807, 2.05) is 38.2 Å². The molecular formula is C15H15ClN2O. The summed E-state index contributed by atoms with van der Waals surface area (Å²) in [6.45, 7) is 5.88. The van der Waals surface area contributed by atoms with Crippen molar-refractivity contribution in [2.24, 2.45) is 12.0 Å². The molecule has 0 atom stereocenters. The monoisotopic (exact) mass is 274 g/mol. The number of aromatic nitrogens is 1. The van der Waals surface area contributed by atoms with E-state index >= 15 is 0 Å². The fraction of sp³-hybridized carbons (Fsp3) is 0.133. The van der Waals surface area contributed by atoms with Gasteiger partial charge in [-0.3, -0.25) is 0 Å². The van der Waals surface area contributed by atoms with Gasteiger partial charge in [-0.1, -0.05) is 24.2 Å². The van der Waals surface area contributed by atoms with E-state index < -0.39 is 0 Å². The lowest BCUT2D eigenvalue weighted by Crippen LogP contribution is -2.41. The van der Waals surface area contributed by atoms with E-state index in [2.05, 4.69) is 11.6 Å². The van der Waals surface area contributed by atoms with E-state index in [0.717, 1.165) is 17.2 Å². The summed E-state index contributed by atoms with van der Waals surface area (Å²) < 4.78 is 1.80. The number of aliphatic hydroxyl groups is 1. The molecule has 0 radical (unpaired) electrons. The van der Waals surface area contributed by atoms with Crippen LogP contribution in [0.3, 0.4) is 0 Å². The highest BCUT2D eigenvalue weighted by Gasteiger charge is 2.00. The molecule has 2 aromatic rings. The van der Waals surface area contributed by atoms with Crippen molar-refractivity contribution in [2.45, 2.75) is 6.92 Å². The van der Waals surface area contributed by atoms with E-state index in [9.17, 15) is 5.11 Å². The first-order valence-electron chi connectivity index (χ1n) is 5.83. The van der Waals surface area contributed by atoms with Crippen molar-refractivity contribution in [1.82, 2.24) is 4.57 Å². The molecule has 1 N–H and O–H groups in total. The van der Waals surface area contributed by atoms with Gasteiger partial charge in [-0.05, 0) is 36.8 Å². The first kappa shape index (κ1) is 13.4. The van der Waals surface area contributed by atoms with Gasteiger partial charge in [0.15, 0.2) is 0 Å². The number of pyridine rings is 1. The quantitative estimate of drug-likeness (QED) is 0.848. The Balaban J connectivity index is 2.81. The SMILES string of the molecule is C=c1ccc(=CO)c(=Nc2ccc(C)cc2Cl)n1C. The van der Waals surface area contributed by atoms with Crippen LogP contribution in [0.25, 0.3) is 12.8 Å². The number of aliphatic hydroxyl groups excluding tert-OH is 1. The van der Waals surface area contributed by atoms with E-state index in [1.165, 1.54) is 0 Å². The van der Waals surface area contributed by atoms with Crippen LogP contribution in [0.1, 0.15) is 5.56 Å². The Morgan fingerprint density at radius 2 is 2.05 bits per heavy atom. The molecule has 19 heavy (non-hydrogen) atoms. The molecule has 98 valence electrons. The number of halogens is 1. The minimum Gasteiger partial charge on any atom is -0.515 e. The highest BCUT2D eigenvalue weighted by molar-refractivity contribution is 6.33. The van der Waals surface area contributed by atoms with Crippen LogP contribution in [0.5, 0.6) is 0 Å². The van der Waals surface area contributed by atoms with Crippen molar-refractivity contribution < 1.29 is 5.11 Å². The fourth-order valence-corrected chi connectivity index (χ4v) is 2.04. The maximum Gasteiger partial charge on any atom is 0.143 e. The second kappa shape index (κ2) is 5.33. The zero-order valence-corrected chi connectivity index (χ0v) is 11.6. The van der Waals surface area contributed by atoms with Crippen molar-refractivity contribution in [3.63, 3.8) is 0 Å². The van der Waals surface area contributed by atoms with E-state index in [-0.39, 0.29) is 0 Å². The van der Waals surface area contributed by atoms with Gasteiger partial charge in [-0.15, -0.1) is 0 Å². The van der Waals surface area contributed by atoms with Crippen LogP contribution in [0.4, 0.5) is 5.69 Å². The van der Waals surface area contributed by atoms with Gasteiger partial charge in [-0.25, -0.2) is 4.99 Å². The summed E-state index contributed by atoms with van der Waals surface area (Å²) >= 11 is 6.18. The second-order valence-corrected chi connectivity index (χ2v) is 4.77. The molecule has 0 aliphatic heterocycles. The van der Waals surface area contributed by atoms with Crippen molar-refractivity contribution in [3.8, 4) is 0 Å². The number of aryl methyl sites for hydroxylation is 1. The summed E-state index contributed by atoms with van der Waals surface area (Å²) in [5.74, 6) is 0. The highest BCUT2D eigenvalue weighted by atomic mass is 35.5. The van der Waals surface area contributed by atoms with Gasteiger partial charge in [0.25, 0.3) is 0 Å². The zero-order chi connectivity index (χ0) is 14.0.